The summed E-state index contributed by atoms with van der Waals surface area (Å²) in [4.78, 5) is 34.4. The van der Waals surface area contributed by atoms with Crippen LogP contribution in [0.2, 0.25) is 0 Å². The van der Waals surface area contributed by atoms with Crippen molar-refractivity contribution in [3.8, 4) is 73.7 Å². The molecule has 0 saturated carbocycles. The summed E-state index contributed by atoms with van der Waals surface area (Å²) >= 11 is 0. The summed E-state index contributed by atoms with van der Waals surface area (Å²) in [5.74, 6) is 1.86. The molecule has 338 valence electrons. The largest absolute Gasteiger partial charge is 0.438 e. The summed E-state index contributed by atoms with van der Waals surface area (Å²) in [5.41, 5.74) is 25.1. The molecule has 5 heterocycles. The van der Waals surface area contributed by atoms with Gasteiger partial charge in [-0.25, -0.2) is 24.9 Å². The van der Waals surface area contributed by atoms with Gasteiger partial charge in [0.05, 0.1) is 44.4 Å². The van der Waals surface area contributed by atoms with Crippen molar-refractivity contribution in [2.24, 2.45) is 11.5 Å². The SMILES string of the molecule is NC(c1ccc(-c2nc3ccnc(Oc4ccc(-n5ccnc5)cc4)c3cc2-c2ccccc2)cc1)C(N)c1ccc(-c2nc3ccnc(Oc4ccc([N+](=O)[O-])cc4)c3cc2-c2ccccc2)cc1. The van der Waals surface area contributed by atoms with Crippen LogP contribution in [-0.4, -0.2) is 34.4 Å². The second-order valence-electron chi connectivity index (χ2n) is 16.6. The van der Waals surface area contributed by atoms with E-state index in [2.05, 4.69) is 33.2 Å². The lowest BCUT2D eigenvalue weighted by Gasteiger charge is -2.22. The molecule has 70 heavy (non-hydrogen) atoms. The maximum absolute atomic E-state index is 11.2. The molecule has 5 aromatic heterocycles. The molecule has 0 bridgehead atoms. The van der Waals surface area contributed by atoms with E-state index in [1.807, 2.05) is 150 Å². The number of benzene rings is 6. The fourth-order valence-corrected chi connectivity index (χ4v) is 8.52. The van der Waals surface area contributed by atoms with Crippen molar-refractivity contribution in [1.82, 2.24) is 29.5 Å². The van der Waals surface area contributed by atoms with Gasteiger partial charge in [-0.15, -0.1) is 0 Å². The third-order valence-electron chi connectivity index (χ3n) is 12.2. The van der Waals surface area contributed by atoms with Crippen LogP contribution in [0.4, 0.5) is 5.69 Å². The van der Waals surface area contributed by atoms with Crippen molar-refractivity contribution in [3.05, 3.63) is 234 Å². The lowest BCUT2D eigenvalue weighted by Crippen LogP contribution is -2.26. The molecule has 2 unspecified atom stereocenters. The van der Waals surface area contributed by atoms with Crippen molar-refractivity contribution in [1.29, 1.82) is 0 Å². The standard InChI is InChI=1S/C57H41N9O4/c58-52(53(59)39-13-17-41(18-14-39)55-47(37-9-5-2-6-10-37)34-49-51(64-55)28-30-62-57(49)70-45-25-21-43(22-26-45)66(67)68)38-11-15-40(16-12-38)54-46(36-7-3-1-4-8-36)33-48-50(63-54)27-29-61-56(48)69-44-23-19-42(20-24-44)65-32-31-60-35-65/h1-35,52-53H,58-59H2. The first-order chi connectivity index (χ1) is 34.3. The summed E-state index contributed by atoms with van der Waals surface area (Å²) in [7, 11) is 0. The van der Waals surface area contributed by atoms with Crippen molar-refractivity contribution in [2.75, 3.05) is 0 Å². The lowest BCUT2D eigenvalue weighted by molar-refractivity contribution is -0.384. The van der Waals surface area contributed by atoms with Gasteiger partial charge in [0.1, 0.15) is 11.5 Å². The molecule has 0 radical (unpaired) electrons. The minimum absolute atomic E-state index is 0.0292. The maximum atomic E-state index is 11.2. The lowest BCUT2D eigenvalue weighted by atomic mass is 9.91. The number of imidazole rings is 1. The van der Waals surface area contributed by atoms with E-state index in [-0.39, 0.29) is 5.69 Å². The first-order valence-corrected chi connectivity index (χ1v) is 22.4. The minimum Gasteiger partial charge on any atom is -0.438 e. The molecule has 0 spiro atoms. The van der Waals surface area contributed by atoms with E-state index >= 15 is 0 Å². The molecule has 11 aromatic rings. The molecule has 13 heteroatoms. The normalized spacial score (nSPS) is 12.1. The van der Waals surface area contributed by atoms with Crippen LogP contribution in [0.1, 0.15) is 23.2 Å². The number of pyridine rings is 4. The van der Waals surface area contributed by atoms with Crippen molar-refractivity contribution < 1.29 is 14.4 Å². The van der Waals surface area contributed by atoms with Crippen LogP contribution in [-0.2, 0) is 0 Å². The number of ether oxygens (including phenoxy) is 2. The fourth-order valence-electron chi connectivity index (χ4n) is 8.52. The number of nitro groups is 1. The van der Waals surface area contributed by atoms with Crippen molar-refractivity contribution >= 4 is 27.5 Å². The zero-order valence-corrected chi connectivity index (χ0v) is 37.3. The molecular weight excluding hydrogens is 875 g/mol. The van der Waals surface area contributed by atoms with Crippen LogP contribution in [0.3, 0.4) is 0 Å². The number of hydrogen-bond acceptors (Lipinski definition) is 11. The Balaban J connectivity index is 0.860. The second-order valence-corrected chi connectivity index (χ2v) is 16.6. The van der Waals surface area contributed by atoms with Crippen molar-refractivity contribution in [2.45, 2.75) is 12.1 Å². The van der Waals surface area contributed by atoms with E-state index in [4.69, 9.17) is 30.9 Å². The summed E-state index contributed by atoms with van der Waals surface area (Å²) in [6.07, 6.45) is 8.73. The Hall–Kier alpha value is -9.43. The van der Waals surface area contributed by atoms with E-state index in [0.29, 0.717) is 34.2 Å². The third kappa shape index (κ3) is 8.68. The zero-order valence-electron chi connectivity index (χ0n) is 37.3. The van der Waals surface area contributed by atoms with E-state index < -0.39 is 17.0 Å². The van der Waals surface area contributed by atoms with Crippen molar-refractivity contribution in [3.63, 3.8) is 0 Å². The minimum atomic E-state index is -0.519. The molecule has 0 saturated heterocycles. The molecule has 11 rings (SSSR count). The van der Waals surface area contributed by atoms with Crippen LogP contribution in [0, 0.1) is 10.1 Å². The molecule has 0 aliphatic heterocycles. The monoisotopic (exact) mass is 915 g/mol. The average Bonchev–Trinajstić information content (AvgIpc) is 3.97. The molecule has 13 nitrogen and oxygen atoms in total. The molecular formula is C57H41N9O4. The fraction of sp³-hybridized carbons (Fsp3) is 0.0351. The number of nitrogens with zero attached hydrogens (tertiary/aromatic N) is 7. The Kier molecular flexibility index (Phi) is 11.5. The maximum Gasteiger partial charge on any atom is 0.269 e. The molecule has 0 aliphatic rings. The number of rotatable bonds is 13. The molecule has 6 aromatic carbocycles. The summed E-state index contributed by atoms with van der Waals surface area (Å²) < 4.78 is 14.5. The molecule has 2 atom stereocenters. The van der Waals surface area contributed by atoms with Gasteiger partial charge in [0.2, 0.25) is 11.8 Å². The Morgan fingerprint density at radius 2 is 0.971 bits per heavy atom. The van der Waals surface area contributed by atoms with Crippen LogP contribution >= 0.6 is 0 Å². The van der Waals surface area contributed by atoms with E-state index in [1.165, 1.54) is 12.1 Å². The van der Waals surface area contributed by atoms with E-state index in [0.717, 1.165) is 72.5 Å². The number of fused-ring (bicyclic) bond motifs is 2. The Bertz CT molecular complexity index is 3630. The van der Waals surface area contributed by atoms with Crippen LogP contribution in [0.5, 0.6) is 23.3 Å². The zero-order chi connectivity index (χ0) is 47.6. The highest BCUT2D eigenvalue weighted by Crippen LogP contribution is 2.40. The first-order valence-electron chi connectivity index (χ1n) is 22.4. The number of aromatic nitrogens is 6. The van der Waals surface area contributed by atoms with Gasteiger partial charge in [-0.3, -0.25) is 10.1 Å². The quantitative estimate of drug-likeness (QED) is 0.0829. The average molecular weight is 916 g/mol. The summed E-state index contributed by atoms with van der Waals surface area (Å²) in [6.45, 7) is 0. The van der Waals surface area contributed by atoms with Crippen LogP contribution in [0.15, 0.2) is 213 Å². The Morgan fingerprint density at radius 3 is 1.40 bits per heavy atom. The van der Waals surface area contributed by atoms with Gasteiger partial charge in [-0.05, 0) is 82.9 Å². The van der Waals surface area contributed by atoms with Gasteiger partial charge < -0.3 is 25.5 Å². The molecule has 0 fully saturated rings. The number of nitrogens with two attached hydrogens (primary N) is 2. The van der Waals surface area contributed by atoms with Gasteiger partial charge in [0.25, 0.3) is 5.69 Å². The Labute approximate surface area is 401 Å². The van der Waals surface area contributed by atoms with Gasteiger partial charge >= 0.3 is 0 Å². The van der Waals surface area contributed by atoms with Gasteiger partial charge in [0, 0.05) is 76.9 Å². The first kappa shape index (κ1) is 43.2. The van der Waals surface area contributed by atoms with Gasteiger partial charge in [0.15, 0.2) is 0 Å². The molecule has 4 N–H and O–H groups in total. The van der Waals surface area contributed by atoms with E-state index in [9.17, 15) is 10.1 Å². The number of hydrogen-bond donors (Lipinski definition) is 2. The number of non-ortho nitro benzene ring substituents is 1. The topological polar surface area (TPSA) is 183 Å². The highest BCUT2D eigenvalue weighted by Gasteiger charge is 2.21. The van der Waals surface area contributed by atoms with Gasteiger partial charge in [-0.2, -0.15) is 0 Å². The van der Waals surface area contributed by atoms with E-state index in [1.54, 1.807) is 37.1 Å². The highest BCUT2D eigenvalue weighted by atomic mass is 16.6. The third-order valence-corrected chi connectivity index (χ3v) is 12.2. The highest BCUT2D eigenvalue weighted by molar-refractivity contribution is 5.95. The predicted octanol–water partition coefficient (Wildman–Crippen LogP) is 12.6. The summed E-state index contributed by atoms with van der Waals surface area (Å²) in [5, 5.41) is 12.7. The predicted molar refractivity (Wildman–Crippen MR) is 271 cm³/mol. The Morgan fingerprint density at radius 1 is 0.514 bits per heavy atom. The number of nitro benzene ring substituents is 1. The molecule has 0 aliphatic carbocycles. The van der Waals surface area contributed by atoms with Crippen LogP contribution < -0.4 is 20.9 Å². The summed E-state index contributed by atoms with van der Waals surface area (Å²) in [6, 6.07) is 56.7. The smallest absolute Gasteiger partial charge is 0.269 e. The second kappa shape index (κ2) is 18.7. The molecule has 0 amide bonds. The van der Waals surface area contributed by atoms with Gasteiger partial charge in [-0.1, -0.05) is 109 Å². The van der Waals surface area contributed by atoms with Crippen LogP contribution in [0.25, 0.3) is 72.3 Å².